The van der Waals surface area contributed by atoms with Gasteiger partial charge in [0, 0.05) is 23.5 Å². The van der Waals surface area contributed by atoms with Crippen molar-refractivity contribution in [2.75, 3.05) is 11.7 Å². The molecule has 1 N–H and O–H groups in total. The summed E-state index contributed by atoms with van der Waals surface area (Å²) in [5.41, 5.74) is 2.48. The fourth-order valence-corrected chi connectivity index (χ4v) is 4.58. The Morgan fingerprint density at radius 1 is 0.970 bits per heavy atom. The van der Waals surface area contributed by atoms with E-state index in [-0.39, 0.29) is 24.7 Å². The van der Waals surface area contributed by atoms with Crippen LogP contribution in [0.1, 0.15) is 23.5 Å². The highest BCUT2D eigenvalue weighted by Crippen LogP contribution is 2.45. The highest BCUT2D eigenvalue weighted by Gasteiger charge is 2.43. The Morgan fingerprint density at radius 3 is 2.64 bits per heavy atom. The van der Waals surface area contributed by atoms with Gasteiger partial charge in [0.1, 0.15) is 23.4 Å². The number of aromatic nitrogens is 1. The van der Waals surface area contributed by atoms with Crippen molar-refractivity contribution < 1.29 is 18.3 Å². The summed E-state index contributed by atoms with van der Waals surface area (Å²) in [6, 6.07) is 21.0. The largest absolute Gasteiger partial charge is 0.459 e. The third-order valence-electron chi connectivity index (χ3n) is 5.78. The normalized spacial score (nSPS) is 19.1. The minimum atomic E-state index is -0.304. The van der Waals surface area contributed by atoms with E-state index in [0.29, 0.717) is 28.1 Å². The summed E-state index contributed by atoms with van der Waals surface area (Å²) in [5.74, 6) is 2.43. The number of nitrogens with one attached hydrogen (secondary N) is 1. The van der Waals surface area contributed by atoms with E-state index in [2.05, 4.69) is 10.3 Å². The molecule has 8 heteroatoms. The van der Waals surface area contributed by atoms with Crippen molar-refractivity contribution in [3.8, 4) is 22.8 Å². The zero-order valence-corrected chi connectivity index (χ0v) is 18.1. The molecule has 33 heavy (non-hydrogen) atoms. The van der Waals surface area contributed by atoms with E-state index >= 15 is 0 Å². The lowest BCUT2D eigenvalue weighted by Gasteiger charge is -2.26. The molecule has 0 aliphatic carbocycles. The molecule has 0 unspecified atom stereocenters. The van der Waals surface area contributed by atoms with E-state index in [1.165, 1.54) is 12.1 Å². The molecule has 1 fully saturated rings. The summed E-state index contributed by atoms with van der Waals surface area (Å²) in [5, 5.41) is 3.95. The van der Waals surface area contributed by atoms with Gasteiger partial charge in [-0.05, 0) is 72.9 Å². The molecule has 2 atom stereocenters. The Bertz CT molecular complexity index is 1330. The fourth-order valence-electron chi connectivity index (χ4n) is 4.24. The molecule has 2 aliphatic heterocycles. The van der Waals surface area contributed by atoms with Gasteiger partial charge in [0.25, 0.3) is 0 Å². The van der Waals surface area contributed by atoms with Crippen LogP contribution in [-0.4, -0.2) is 16.9 Å². The number of halogens is 1. The number of rotatable bonds is 4. The topological polar surface area (TPSA) is 59.8 Å². The molecule has 2 aliphatic rings. The van der Waals surface area contributed by atoms with Gasteiger partial charge in [0.2, 0.25) is 6.79 Å². The van der Waals surface area contributed by atoms with Crippen molar-refractivity contribution in [3.63, 3.8) is 0 Å². The van der Waals surface area contributed by atoms with Crippen LogP contribution < -0.4 is 19.7 Å². The number of pyridine rings is 1. The van der Waals surface area contributed by atoms with Crippen LogP contribution in [0.15, 0.2) is 83.4 Å². The van der Waals surface area contributed by atoms with E-state index in [9.17, 15) is 4.39 Å². The fraction of sp³-hybridized carbons (Fsp3) is 0.120. The predicted molar refractivity (Wildman–Crippen MR) is 125 cm³/mol. The van der Waals surface area contributed by atoms with Crippen molar-refractivity contribution in [2.45, 2.75) is 12.1 Å². The lowest BCUT2D eigenvalue weighted by Crippen LogP contribution is -2.29. The Hall–Kier alpha value is -3.91. The van der Waals surface area contributed by atoms with E-state index in [1.807, 2.05) is 53.4 Å². The number of ether oxygens (including phenoxy) is 2. The molecule has 0 spiro atoms. The molecule has 0 radical (unpaired) electrons. The number of furan rings is 1. The van der Waals surface area contributed by atoms with E-state index in [0.717, 1.165) is 16.9 Å². The van der Waals surface area contributed by atoms with Gasteiger partial charge in [-0.2, -0.15) is 0 Å². The third-order valence-corrected chi connectivity index (χ3v) is 6.09. The molecular formula is C25H18FN3O3S. The number of hydrogen-bond acceptors (Lipinski definition) is 5. The average Bonchev–Trinajstić information content (AvgIpc) is 3.58. The first-order valence-electron chi connectivity index (χ1n) is 10.4. The monoisotopic (exact) mass is 459 g/mol. The first-order chi connectivity index (χ1) is 16.2. The Morgan fingerprint density at radius 2 is 1.82 bits per heavy atom. The summed E-state index contributed by atoms with van der Waals surface area (Å²) in [6.07, 6.45) is 1.76. The molecule has 164 valence electrons. The Labute approximate surface area is 194 Å². The molecule has 2 aromatic heterocycles. The summed E-state index contributed by atoms with van der Waals surface area (Å²) < 4.78 is 30.7. The van der Waals surface area contributed by atoms with Crippen LogP contribution >= 0.6 is 12.2 Å². The highest BCUT2D eigenvalue weighted by atomic mass is 32.1. The van der Waals surface area contributed by atoms with Crippen LogP contribution in [0.25, 0.3) is 11.3 Å². The number of fused-ring (bicyclic) bond motifs is 1. The van der Waals surface area contributed by atoms with Crippen molar-refractivity contribution in [3.05, 3.63) is 96.3 Å². The standard InChI is InChI=1S/C25H18FN3O3S/c26-16-6-4-15(5-7-16)19-10-11-21(32-19)24-23(18-3-1-2-12-27-18)28-25(33)29(24)17-8-9-20-22(13-17)31-14-30-20/h1-13,23-24H,14H2,(H,28,33)/t23-,24-/m1/s1. The second kappa shape index (κ2) is 7.90. The SMILES string of the molecule is Fc1ccc(-c2ccc([C@@H]3[C@@H](c4ccccn4)NC(=S)N3c3ccc4c(c3)OCO4)o2)cc1. The van der Waals surface area contributed by atoms with Crippen molar-refractivity contribution in [2.24, 2.45) is 0 Å². The maximum atomic E-state index is 13.4. The molecular weight excluding hydrogens is 441 g/mol. The van der Waals surface area contributed by atoms with Gasteiger partial charge in [0.05, 0.1) is 11.7 Å². The molecule has 0 saturated carbocycles. The van der Waals surface area contributed by atoms with Crippen molar-refractivity contribution in [1.82, 2.24) is 10.3 Å². The van der Waals surface area contributed by atoms with Crippen molar-refractivity contribution in [1.29, 1.82) is 0 Å². The number of nitrogens with zero attached hydrogens (tertiary/aromatic N) is 2. The van der Waals surface area contributed by atoms with Crippen molar-refractivity contribution >= 4 is 23.0 Å². The van der Waals surface area contributed by atoms with Crippen LogP contribution in [-0.2, 0) is 0 Å². The number of anilines is 1. The van der Waals surface area contributed by atoms with Crippen LogP contribution in [0.2, 0.25) is 0 Å². The number of hydrogen-bond donors (Lipinski definition) is 1. The van der Waals surface area contributed by atoms with Gasteiger partial charge >= 0.3 is 0 Å². The first kappa shape index (κ1) is 19.8. The predicted octanol–water partition coefficient (Wildman–Crippen LogP) is 5.39. The lowest BCUT2D eigenvalue weighted by atomic mass is 10.0. The molecule has 6 nitrogen and oxygen atoms in total. The molecule has 0 bridgehead atoms. The average molecular weight is 460 g/mol. The molecule has 1 saturated heterocycles. The van der Waals surface area contributed by atoms with Gasteiger partial charge in [-0.25, -0.2) is 4.39 Å². The van der Waals surface area contributed by atoms with E-state index in [1.54, 1.807) is 18.3 Å². The maximum Gasteiger partial charge on any atom is 0.231 e. The number of thiocarbonyl (C=S) groups is 1. The Balaban J connectivity index is 1.44. The molecule has 4 heterocycles. The van der Waals surface area contributed by atoms with E-state index < -0.39 is 0 Å². The van der Waals surface area contributed by atoms with Gasteiger partial charge in [-0.15, -0.1) is 0 Å². The summed E-state index contributed by atoms with van der Waals surface area (Å²) in [7, 11) is 0. The van der Waals surface area contributed by atoms with Gasteiger partial charge < -0.3 is 24.1 Å². The summed E-state index contributed by atoms with van der Waals surface area (Å²) >= 11 is 5.75. The van der Waals surface area contributed by atoms with Gasteiger partial charge in [-0.1, -0.05) is 6.07 Å². The minimum Gasteiger partial charge on any atom is -0.459 e. The third kappa shape index (κ3) is 3.48. The second-order valence-electron chi connectivity index (χ2n) is 7.74. The highest BCUT2D eigenvalue weighted by molar-refractivity contribution is 7.80. The molecule has 4 aromatic rings. The van der Waals surface area contributed by atoms with Crippen LogP contribution in [0.3, 0.4) is 0 Å². The van der Waals surface area contributed by atoms with Gasteiger partial charge in [0.15, 0.2) is 16.6 Å². The quantitative estimate of drug-likeness (QED) is 0.411. The van der Waals surface area contributed by atoms with E-state index in [4.69, 9.17) is 26.1 Å². The lowest BCUT2D eigenvalue weighted by molar-refractivity contribution is 0.174. The first-order valence-corrected chi connectivity index (χ1v) is 10.8. The summed E-state index contributed by atoms with van der Waals surface area (Å²) in [6.45, 7) is 0.195. The second-order valence-corrected chi connectivity index (χ2v) is 8.13. The van der Waals surface area contributed by atoms with Gasteiger partial charge in [-0.3, -0.25) is 4.98 Å². The smallest absolute Gasteiger partial charge is 0.231 e. The zero-order chi connectivity index (χ0) is 22.4. The minimum absolute atomic E-state index is 0.195. The summed E-state index contributed by atoms with van der Waals surface area (Å²) in [4.78, 5) is 6.56. The maximum absolute atomic E-state index is 13.4. The van der Waals surface area contributed by atoms with Crippen LogP contribution in [0.4, 0.5) is 10.1 Å². The zero-order valence-electron chi connectivity index (χ0n) is 17.3. The van der Waals surface area contributed by atoms with Crippen LogP contribution in [0.5, 0.6) is 11.5 Å². The molecule has 2 aromatic carbocycles. The molecule has 6 rings (SSSR count). The van der Waals surface area contributed by atoms with Crippen LogP contribution in [0, 0.1) is 5.82 Å². The number of benzene rings is 2. The Kier molecular flexibility index (Phi) is 4.73. The molecule has 0 amide bonds.